The summed E-state index contributed by atoms with van der Waals surface area (Å²) in [5.74, 6) is 1.35. The zero-order chi connectivity index (χ0) is 17.5. The van der Waals surface area contributed by atoms with Crippen molar-refractivity contribution in [3.8, 4) is 11.5 Å². The molecule has 0 spiro atoms. The molecule has 0 radical (unpaired) electrons. The smallest absolute Gasteiger partial charge is 0.175 e. The molecule has 0 aliphatic carbocycles. The Kier molecular flexibility index (Phi) is 6.94. The van der Waals surface area contributed by atoms with E-state index in [1.54, 1.807) is 13.3 Å². The Morgan fingerprint density at radius 1 is 1.29 bits per heavy atom. The summed E-state index contributed by atoms with van der Waals surface area (Å²) in [6, 6.07) is 11.5. The van der Waals surface area contributed by atoms with Crippen LogP contribution in [-0.4, -0.2) is 19.4 Å². The Labute approximate surface area is 155 Å². The van der Waals surface area contributed by atoms with Crippen molar-refractivity contribution in [2.75, 3.05) is 7.11 Å². The molecule has 0 saturated carbocycles. The standard InChI is InChI=1S/C18H20BrClN2O2/c1-12(2)24-18-15(19)8-13(9-17(18)23-3)10-21-22-11-14-6-4-5-7-16(14)20/h4-10,12,22H,11H2,1-3H3/b21-10-. The summed E-state index contributed by atoms with van der Waals surface area (Å²) in [6.07, 6.45) is 1.79. The van der Waals surface area contributed by atoms with Crippen LogP contribution in [0.15, 0.2) is 46.0 Å². The Hall–Kier alpha value is -1.72. The number of rotatable bonds is 7. The minimum Gasteiger partial charge on any atom is -0.493 e. The van der Waals surface area contributed by atoms with Crippen molar-refractivity contribution in [1.82, 2.24) is 5.43 Å². The molecular weight excluding hydrogens is 392 g/mol. The zero-order valence-corrected chi connectivity index (χ0v) is 16.2. The van der Waals surface area contributed by atoms with Gasteiger partial charge in [-0.2, -0.15) is 5.10 Å². The van der Waals surface area contributed by atoms with Crippen LogP contribution in [0, 0.1) is 0 Å². The molecule has 4 nitrogen and oxygen atoms in total. The summed E-state index contributed by atoms with van der Waals surface area (Å²) in [7, 11) is 1.62. The van der Waals surface area contributed by atoms with E-state index in [1.807, 2.05) is 50.2 Å². The van der Waals surface area contributed by atoms with Gasteiger partial charge in [-0.3, -0.25) is 0 Å². The fourth-order valence-corrected chi connectivity index (χ4v) is 2.81. The van der Waals surface area contributed by atoms with E-state index >= 15 is 0 Å². The highest BCUT2D eigenvalue weighted by Crippen LogP contribution is 2.36. The van der Waals surface area contributed by atoms with Gasteiger partial charge in [0.2, 0.25) is 0 Å². The number of hydrogen-bond acceptors (Lipinski definition) is 4. The Balaban J connectivity index is 2.06. The molecule has 0 amide bonds. The average Bonchev–Trinajstić information content (AvgIpc) is 2.55. The quantitative estimate of drug-likeness (QED) is 0.514. The highest BCUT2D eigenvalue weighted by molar-refractivity contribution is 9.10. The summed E-state index contributed by atoms with van der Waals surface area (Å²) in [5.41, 5.74) is 4.88. The molecule has 1 N–H and O–H groups in total. The van der Waals surface area contributed by atoms with Gasteiger partial charge in [0.1, 0.15) is 0 Å². The average molecular weight is 412 g/mol. The minimum absolute atomic E-state index is 0.0620. The van der Waals surface area contributed by atoms with Gasteiger partial charge < -0.3 is 14.9 Å². The van der Waals surface area contributed by atoms with Crippen LogP contribution >= 0.6 is 27.5 Å². The van der Waals surface area contributed by atoms with Crippen molar-refractivity contribution in [3.05, 3.63) is 57.0 Å². The van der Waals surface area contributed by atoms with Crippen molar-refractivity contribution in [3.63, 3.8) is 0 Å². The van der Waals surface area contributed by atoms with Crippen molar-refractivity contribution < 1.29 is 9.47 Å². The number of ether oxygens (including phenoxy) is 2. The molecule has 0 bridgehead atoms. The van der Waals surface area contributed by atoms with Gasteiger partial charge in [-0.25, -0.2) is 0 Å². The second-order valence-corrected chi connectivity index (χ2v) is 6.65. The van der Waals surface area contributed by atoms with E-state index in [0.717, 1.165) is 20.6 Å². The van der Waals surface area contributed by atoms with E-state index in [4.69, 9.17) is 21.1 Å². The SMILES string of the molecule is COc1cc(/C=N\NCc2ccccc2Cl)cc(Br)c1OC(C)C. The molecule has 6 heteroatoms. The Morgan fingerprint density at radius 3 is 2.71 bits per heavy atom. The lowest BCUT2D eigenvalue weighted by Gasteiger charge is -2.15. The monoisotopic (exact) mass is 410 g/mol. The van der Waals surface area contributed by atoms with Gasteiger partial charge in [-0.15, -0.1) is 0 Å². The third kappa shape index (κ3) is 5.14. The van der Waals surface area contributed by atoms with E-state index < -0.39 is 0 Å². The van der Waals surface area contributed by atoms with Crippen LogP contribution < -0.4 is 14.9 Å². The van der Waals surface area contributed by atoms with E-state index in [-0.39, 0.29) is 6.10 Å². The maximum Gasteiger partial charge on any atom is 0.175 e. The molecular formula is C18H20BrClN2O2. The first-order chi connectivity index (χ1) is 11.5. The van der Waals surface area contributed by atoms with Crippen LogP contribution in [0.5, 0.6) is 11.5 Å². The summed E-state index contributed by atoms with van der Waals surface area (Å²) in [5, 5.41) is 4.96. The third-order valence-electron chi connectivity index (χ3n) is 3.14. The van der Waals surface area contributed by atoms with Crippen LogP contribution in [-0.2, 0) is 6.54 Å². The topological polar surface area (TPSA) is 42.8 Å². The molecule has 0 heterocycles. The largest absolute Gasteiger partial charge is 0.493 e. The summed E-state index contributed by atoms with van der Waals surface area (Å²) in [6.45, 7) is 4.50. The van der Waals surface area contributed by atoms with Crippen molar-refractivity contribution in [1.29, 1.82) is 0 Å². The van der Waals surface area contributed by atoms with Gasteiger partial charge in [0.15, 0.2) is 11.5 Å². The van der Waals surface area contributed by atoms with E-state index in [1.165, 1.54) is 0 Å². The molecule has 0 saturated heterocycles. The van der Waals surface area contributed by atoms with Crippen molar-refractivity contribution in [2.45, 2.75) is 26.5 Å². The van der Waals surface area contributed by atoms with Gasteiger partial charge in [0, 0.05) is 5.02 Å². The molecule has 2 aromatic carbocycles. The second-order valence-electron chi connectivity index (χ2n) is 5.39. The molecule has 2 aromatic rings. The van der Waals surface area contributed by atoms with E-state index in [9.17, 15) is 0 Å². The van der Waals surface area contributed by atoms with Crippen LogP contribution in [0.1, 0.15) is 25.0 Å². The van der Waals surface area contributed by atoms with Crippen LogP contribution in [0.3, 0.4) is 0 Å². The molecule has 0 unspecified atom stereocenters. The molecule has 128 valence electrons. The predicted octanol–water partition coefficient (Wildman–Crippen LogP) is 5.02. The van der Waals surface area contributed by atoms with Crippen molar-refractivity contribution >= 4 is 33.7 Å². The zero-order valence-electron chi connectivity index (χ0n) is 13.8. The summed E-state index contributed by atoms with van der Waals surface area (Å²) >= 11 is 9.63. The molecule has 2 rings (SSSR count). The Morgan fingerprint density at radius 2 is 2.04 bits per heavy atom. The fourth-order valence-electron chi connectivity index (χ4n) is 2.06. The molecule has 0 aliphatic rings. The first-order valence-electron chi connectivity index (χ1n) is 7.54. The first kappa shape index (κ1) is 18.6. The number of hydrazone groups is 1. The van der Waals surface area contributed by atoms with Crippen LogP contribution in [0.4, 0.5) is 0 Å². The van der Waals surface area contributed by atoms with Crippen LogP contribution in [0.2, 0.25) is 5.02 Å². The van der Waals surface area contributed by atoms with Gasteiger partial charge in [0.25, 0.3) is 0 Å². The highest BCUT2D eigenvalue weighted by Gasteiger charge is 2.12. The highest BCUT2D eigenvalue weighted by atomic mass is 79.9. The molecule has 0 aromatic heterocycles. The molecule has 0 aliphatic heterocycles. The number of nitrogens with one attached hydrogen (secondary N) is 1. The number of halogens is 2. The number of benzene rings is 2. The van der Waals surface area contributed by atoms with Gasteiger partial charge in [-0.05, 0) is 59.1 Å². The van der Waals surface area contributed by atoms with E-state index in [0.29, 0.717) is 18.0 Å². The Bertz CT molecular complexity index is 720. The van der Waals surface area contributed by atoms with Crippen LogP contribution in [0.25, 0.3) is 0 Å². The summed E-state index contributed by atoms with van der Waals surface area (Å²) < 4.78 is 12.0. The number of hydrogen-bond donors (Lipinski definition) is 1. The van der Waals surface area contributed by atoms with Crippen molar-refractivity contribution in [2.24, 2.45) is 5.10 Å². The molecule has 0 fully saturated rings. The van der Waals surface area contributed by atoms with Gasteiger partial charge >= 0.3 is 0 Å². The lowest BCUT2D eigenvalue weighted by atomic mass is 10.2. The first-order valence-corrected chi connectivity index (χ1v) is 8.72. The van der Waals surface area contributed by atoms with Gasteiger partial charge in [0.05, 0.1) is 30.4 Å². The second kappa shape index (κ2) is 8.94. The third-order valence-corrected chi connectivity index (χ3v) is 4.10. The van der Waals surface area contributed by atoms with Gasteiger partial charge in [-0.1, -0.05) is 29.8 Å². The maximum atomic E-state index is 6.11. The molecule has 24 heavy (non-hydrogen) atoms. The number of methoxy groups -OCH3 is 1. The maximum absolute atomic E-state index is 6.11. The summed E-state index contributed by atoms with van der Waals surface area (Å²) in [4.78, 5) is 0. The fraction of sp³-hybridized carbons (Fsp3) is 0.278. The molecule has 0 atom stereocenters. The number of nitrogens with zero attached hydrogens (tertiary/aromatic N) is 1. The minimum atomic E-state index is 0.0620. The normalized spacial score (nSPS) is 11.1. The van der Waals surface area contributed by atoms with E-state index in [2.05, 4.69) is 26.5 Å². The predicted molar refractivity (Wildman–Crippen MR) is 102 cm³/mol. The lowest BCUT2D eigenvalue weighted by molar-refractivity contribution is 0.228. The lowest BCUT2D eigenvalue weighted by Crippen LogP contribution is -2.08.